The lowest BCUT2D eigenvalue weighted by Gasteiger charge is -2.15. The number of hydrogen-bond donors (Lipinski definition) is 3. The predicted octanol–water partition coefficient (Wildman–Crippen LogP) is -0.649. The number of aromatic nitrogens is 1. The van der Waals surface area contributed by atoms with E-state index in [0.717, 1.165) is 0 Å². The molecule has 14 heavy (non-hydrogen) atoms. The molecule has 0 aliphatic rings. The zero-order valence-corrected chi connectivity index (χ0v) is 7.50. The Hall–Kier alpha value is -1.46. The first-order valence-electron chi connectivity index (χ1n) is 4.16. The van der Waals surface area contributed by atoms with Crippen LogP contribution in [0.5, 0.6) is 0 Å². The van der Waals surface area contributed by atoms with E-state index in [1.807, 2.05) is 0 Å². The molecule has 0 spiro atoms. The average molecular weight is 196 g/mol. The zero-order chi connectivity index (χ0) is 10.6. The van der Waals surface area contributed by atoms with E-state index in [-0.39, 0.29) is 6.42 Å². The van der Waals surface area contributed by atoms with Crippen molar-refractivity contribution in [2.75, 3.05) is 0 Å². The maximum Gasteiger partial charge on any atom is 0.220 e. The lowest BCUT2D eigenvalue weighted by molar-refractivity contribution is -0.121. The van der Waals surface area contributed by atoms with Gasteiger partial charge in [0.05, 0.1) is 18.2 Å². The third-order valence-electron chi connectivity index (χ3n) is 1.77. The van der Waals surface area contributed by atoms with Gasteiger partial charge in [-0.15, -0.1) is 0 Å². The number of nitrogens with two attached hydrogens (primary N) is 1. The summed E-state index contributed by atoms with van der Waals surface area (Å²) < 4.78 is 0. The van der Waals surface area contributed by atoms with Crippen LogP contribution in [0.15, 0.2) is 24.4 Å². The third-order valence-corrected chi connectivity index (χ3v) is 1.77. The van der Waals surface area contributed by atoms with Gasteiger partial charge in [0.25, 0.3) is 0 Å². The Morgan fingerprint density at radius 1 is 1.50 bits per heavy atom. The van der Waals surface area contributed by atoms with Crippen LogP contribution in [-0.4, -0.2) is 27.2 Å². The highest BCUT2D eigenvalue weighted by Gasteiger charge is 2.20. The summed E-state index contributed by atoms with van der Waals surface area (Å²) in [4.78, 5) is 14.3. The van der Waals surface area contributed by atoms with E-state index >= 15 is 0 Å². The fourth-order valence-corrected chi connectivity index (χ4v) is 1.07. The van der Waals surface area contributed by atoms with Gasteiger partial charge in [-0.1, -0.05) is 6.07 Å². The summed E-state index contributed by atoms with van der Waals surface area (Å²) in [6.07, 6.45) is -1.17. The molecule has 76 valence electrons. The number of carbonyl (C=O) groups excluding carboxylic acids is 1. The van der Waals surface area contributed by atoms with E-state index in [0.29, 0.717) is 5.69 Å². The Morgan fingerprint density at radius 3 is 2.71 bits per heavy atom. The minimum absolute atomic E-state index is 0.280. The quantitative estimate of drug-likeness (QED) is 0.596. The number of pyridine rings is 1. The molecule has 1 aromatic rings. The standard InChI is InChI=1S/C9H12N2O3/c10-8(13)5-7(12)9(14)6-3-1-2-4-11-6/h1-4,7,9,12,14H,5H2,(H2,10,13). The molecule has 4 N–H and O–H groups in total. The van der Waals surface area contributed by atoms with Gasteiger partial charge in [-0.25, -0.2) is 0 Å². The Kier molecular flexibility index (Phi) is 3.55. The first-order valence-corrected chi connectivity index (χ1v) is 4.16. The van der Waals surface area contributed by atoms with Crippen molar-refractivity contribution >= 4 is 5.91 Å². The third kappa shape index (κ3) is 2.79. The molecular formula is C9H12N2O3. The SMILES string of the molecule is NC(=O)CC(O)C(O)c1ccccn1. The second kappa shape index (κ2) is 4.69. The van der Waals surface area contributed by atoms with Crippen LogP contribution in [0.2, 0.25) is 0 Å². The zero-order valence-electron chi connectivity index (χ0n) is 7.50. The van der Waals surface area contributed by atoms with Crippen molar-refractivity contribution in [2.45, 2.75) is 18.6 Å². The molecule has 0 fully saturated rings. The Bertz CT molecular complexity index is 302. The maximum absolute atomic E-state index is 10.5. The fraction of sp³-hybridized carbons (Fsp3) is 0.333. The van der Waals surface area contributed by atoms with Gasteiger partial charge in [0.2, 0.25) is 5.91 Å². The molecule has 5 heteroatoms. The Labute approximate surface area is 81.2 Å². The lowest BCUT2D eigenvalue weighted by Crippen LogP contribution is -2.26. The number of aliphatic hydroxyl groups is 2. The molecule has 0 aromatic carbocycles. The van der Waals surface area contributed by atoms with E-state index in [4.69, 9.17) is 5.73 Å². The molecule has 1 heterocycles. The van der Waals surface area contributed by atoms with Crippen LogP contribution in [0.25, 0.3) is 0 Å². The highest BCUT2D eigenvalue weighted by molar-refractivity contribution is 5.74. The number of hydrogen-bond acceptors (Lipinski definition) is 4. The normalized spacial score (nSPS) is 14.7. The Morgan fingerprint density at radius 2 is 2.21 bits per heavy atom. The predicted molar refractivity (Wildman–Crippen MR) is 49.0 cm³/mol. The van der Waals surface area contributed by atoms with Crippen molar-refractivity contribution < 1.29 is 15.0 Å². The summed E-state index contributed by atoms with van der Waals surface area (Å²) in [6, 6.07) is 4.94. The summed E-state index contributed by atoms with van der Waals surface area (Å²) in [5.41, 5.74) is 5.20. The summed E-state index contributed by atoms with van der Waals surface area (Å²) in [5.74, 6) is -0.660. The van der Waals surface area contributed by atoms with Crippen molar-refractivity contribution in [3.8, 4) is 0 Å². The lowest BCUT2D eigenvalue weighted by atomic mass is 10.1. The number of carbonyl (C=O) groups is 1. The molecule has 0 aliphatic heterocycles. The molecule has 0 saturated heterocycles. The van der Waals surface area contributed by atoms with Gasteiger partial charge in [0.15, 0.2) is 0 Å². The molecule has 0 aliphatic carbocycles. The van der Waals surface area contributed by atoms with Crippen LogP contribution in [0, 0.1) is 0 Å². The Balaban J connectivity index is 2.65. The fourth-order valence-electron chi connectivity index (χ4n) is 1.07. The molecule has 5 nitrogen and oxygen atoms in total. The van der Waals surface area contributed by atoms with Crippen LogP contribution in [-0.2, 0) is 4.79 Å². The number of primary amides is 1. The van der Waals surface area contributed by atoms with Crippen molar-refractivity contribution in [2.24, 2.45) is 5.73 Å². The second-order valence-corrected chi connectivity index (χ2v) is 2.94. The topological polar surface area (TPSA) is 96.4 Å². The summed E-state index contributed by atoms with van der Waals surface area (Å²) in [5, 5.41) is 18.9. The molecule has 0 saturated carbocycles. The molecule has 1 rings (SSSR count). The van der Waals surface area contributed by atoms with Crippen LogP contribution in [0.1, 0.15) is 18.2 Å². The first kappa shape index (κ1) is 10.6. The molecular weight excluding hydrogens is 184 g/mol. The largest absolute Gasteiger partial charge is 0.389 e. The van der Waals surface area contributed by atoms with Crippen LogP contribution in [0.4, 0.5) is 0 Å². The summed E-state index contributed by atoms with van der Waals surface area (Å²) in [6.45, 7) is 0. The van der Waals surface area contributed by atoms with Gasteiger partial charge in [-0.05, 0) is 12.1 Å². The van der Waals surface area contributed by atoms with Crippen molar-refractivity contribution in [1.29, 1.82) is 0 Å². The van der Waals surface area contributed by atoms with Crippen molar-refractivity contribution in [1.82, 2.24) is 4.98 Å². The van der Waals surface area contributed by atoms with E-state index < -0.39 is 18.1 Å². The second-order valence-electron chi connectivity index (χ2n) is 2.94. The van der Waals surface area contributed by atoms with Crippen LogP contribution in [0.3, 0.4) is 0 Å². The van der Waals surface area contributed by atoms with Crippen molar-refractivity contribution in [3.63, 3.8) is 0 Å². The maximum atomic E-state index is 10.5. The van der Waals surface area contributed by atoms with Gasteiger partial charge in [-0.2, -0.15) is 0 Å². The first-order chi connectivity index (χ1) is 6.61. The number of nitrogens with zero attached hydrogens (tertiary/aromatic N) is 1. The van der Waals surface area contributed by atoms with E-state index in [9.17, 15) is 15.0 Å². The number of amides is 1. The molecule has 1 aromatic heterocycles. The number of rotatable bonds is 4. The van der Waals surface area contributed by atoms with E-state index in [2.05, 4.69) is 4.98 Å². The molecule has 0 bridgehead atoms. The molecule has 1 amide bonds. The average Bonchev–Trinajstić information content (AvgIpc) is 2.17. The van der Waals surface area contributed by atoms with Gasteiger partial charge in [0, 0.05) is 6.20 Å². The monoisotopic (exact) mass is 196 g/mol. The van der Waals surface area contributed by atoms with Crippen LogP contribution < -0.4 is 5.73 Å². The van der Waals surface area contributed by atoms with Crippen LogP contribution >= 0.6 is 0 Å². The highest BCUT2D eigenvalue weighted by atomic mass is 16.3. The van der Waals surface area contributed by atoms with Gasteiger partial charge in [0.1, 0.15) is 6.10 Å². The highest BCUT2D eigenvalue weighted by Crippen LogP contribution is 2.15. The van der Waals surface area contributed by atoms with Gasteiger partial charge < -0.3 is 15.9 Å². The smallest absolute Gasteiger partial charge is 0.220 e. The number of aliphatic hydroxyl groups excluding tert-OH is 2. The van der Waals surface area contributed by atoms with E-state index in [1.165, 1.54) is 6.20 Å². The summed E-state index contributed by atoms with van der Waals surface area (Å²) in [7, 11) is 0. The molecule has 2 atom stereocenters. The summed E-state index contributed by atoms with van der Waals surface area (Å²) >= 11 is 0. The van der Waals surface area contributed by atoms with Crippen molar-refractivity contribution in [3.05, 3.63) is 30.1 Å². The van der Waals surface area contributed by atoms with Gasteiger partial charge >= 0.3 is 0 Å². The molecule has 2 unspecified atom stereocenters. The molecule has 0 radical (unpaired) electrons. The van der Waals surface area contributed by atoms with Gasteiger partial charge in [-0.3, -0.25) is 9.78 Å². The minimum Gasteiger partial charge on any atom is -0.389 e. The van der Waals surface area contributed by atoms with E-state index in [1.54, 1.807) is 18.2 Å². The minimum atomic E-state index is -1.21.